The number of ether oxygens (including phenoxy) is 1. The van der Waals surface area contributed by atoms with Crippen LogP contribution in [0.1, 0.15) is 26.7 Å². The van der Waals surface area contributed by atoms with E-state index in [9.17, 15) is 4.79 Å². The summed E-state index contributed by atoms with van der Waals surface area (Å²) in [4.78, 5) is 11.0. The fourth-order valence-electron chi connectivity index (χ4n) is 1.64. The van der Waals surface area contributed by atoms with E-state index in [1.165, 1.54) is 20.0 Å². The summed E-state index contributed by atoms with van der Waals surface area (Å²) in [5.41, 5.74) is 0. The minimum Gasteiger partial charge on any atom is -0.468 e. The van der Waals surface area contributed by atoms with Crippen LogP contribution in [0, 0.1) is 5.92 Å². The third-order valence-electron chi connectivity index (χ3n) is 2.41. The first-order valence-electron chi connectivity index (χ1n) is 4.47. The van der Waals surface area contributed by atoms with Gasteiger partial charge in [-0.05, 0) is 25.7 Å². The van der Waals surface area contributed by atoms with Gasteiger partial charge >= 0.3 is 5.97 Å². The van der Waals surface area contributed by atoms with E-state index >= 15 is 0 Å². The number of nitrogens with one attached hydrogen (secondary N) is 1. The smallest absolute Gasteiger partial charge is 0.322 e. The van der Waals surface area contributed by atoms with Gasteiger partial charge in [-0.15, -0.1) is 0 Å². The highest BCUT2D eigenvalue weighted by Gasteiger charge is 2.28. The summed E-state index contributed by atoms with van der Waals surface area (Å²) in [5, 5.41) is 3.22. The molecule has 1 aliphatic rings. The average molecular weight is 171 g/mol. The van der Waals surface area contributed by atoms with Crippen LogP contribution in [0.3, 0.4) is 0 Å². The first-order valence-corrected chi connectivity index (χ1v) is 4.47. The molecule has 0 saturated heterocycles. The highest BCUT2D eigenvalue weighted by atomic mass is 16.5. The van der Waals surface area contributed by atoms with E-state index in [4.69, 9.17) is 0 Å². The molecule has 70 valence electrons. The Morgan fingerprint density at radius 2 is 2.17 bits per heavy atom. The Balaban J connectivity index is 2.18. The molecule has 1 atom stereocenters. The SMILES string of the molecule is COC(=O)C(C)NC1CC(C)C1. The van der Waals surface area contributed by atoms with E-state index in [1.807, 2.05) is 6.92 Å². The maximum Gasteiger partial charge on any atom is 0.322 e. The van der Waals surface area contributed by atoms with Crippen molar-refractivity contribution in [1.82, 2.24) is 5.32 Å². The largest absolute Gasteiger partial charge is 0.468 e. The van der Waals surface area contributed by atoms with E-state index in [2.05, 4.69) is 17.0 Å². The van der Waals surface area contributed by atoms with Crippen molar-refractivity contribution >= 4 is 5.97 Å². The van der Waals surface area contributed by atoms with Crippen LogP contribution in [0.2, 0.25) is 0 Å². The molecule has 3 nitrogen and oxygen atoms in total. The second kappa shape index (κ2) is 3.90. The van der Waals surface area contributed by atoms with Gasteiger partial charge in [-0.2, -0.15) is 0 Å². The number of esters is 1. The number of rotatable bonds is 3. The Bertz CT molecular complexity index is 164. The Hall–Kier alpha value is -0.570. The normalized spacial score (nSPS) is 30.6. The van der Waals surface area contributed by atoms with Crippen LogP contribution in [0.25, 0.3) is 0 Å². The molecule has 0 aromatic carbocycles. The molecular formula is C9H17NO2. The van der Waals surface area contributed by atoms with Crippen molar-refractivity contribution in [3.05, 3.63) is 0 Å². The molecule has 1 N–H and O–H groups in total. The zero-order chi connectivity index (χ0) is 9.14. The van der Waals surface area contributed by atoms with E-state index in [0.29, 0.717) is 6.04 Å². The molecular weight excluding hydrogens is 154 g/mol. The van der Waals surface area contributed by atoms with Crippen molar-refractivity contribution in [2.24, 2.45) is 5.92 Å². The van der Waals surface area contributed by atoms with Gasteiger partial charge in [-0.1, -0.05) is 6.92 Å². The van der Waals surface area contributed by atoms with Crippen molar-refractivity contribution in [1.29, 1.82) is 0 Å². The Labute approximate surface area is 73.5 Å². The van der Waals surface area contributed by atoms with E-state index in [1.54, 1.807) is 0 Å². The summed E-state index contributed by atoms with van der Waals surface area (Å²) >= 11 is 0. The molecule has 0 amide bonds. The van der Waals surface area contributed by atoms with Crippen LogP contribution in [-0.2, 0) is 9.53 Å². The molecule has 1 saturated carbocycles. The summed E-state index contributed by atoms with van der Waals surface area (Å²) < 4.78 is 4.61. The second-order valence-corrected chi connectivity index (χ2v) is 3.69. The zero-order valence-electron chi connectivity index (χ0n) is 7.96. The molecule has 1 rings (SSSR count). The van der Waals surface area contributed by atoms with Gasteiger partial charge < -0.3 is 10.1 Å². The van der Waals surface area contributed by atoms with Crippen molar-refractivity contribution in [3.63, 3.8) is 0 Å². The molecule has 0 aliphatic heterocycles. The number of methoxy groups -OCH3 is 1. The lowest BCUT2D eigenvalue weighted by molar-refractivity contribution is -0.143. The van der Waals surface area contributed by atoms with Crippen LogP contribution >= 0.6 is 0 Å². The van der Waals surface area contributed by atoms with Crippen LogP contribution in [0.15, 0.2) is 0 Å². The zero-order valence-corrected chi connectivity index (χ0v) is 7.96. The van der Waals surface area contributed by atoms with E-state index in [0.717, 1.165) is 5.92 Å². The molecule has 0 radical (unpaired) electrons. The number of carbonyl (C=O) groups excluding carboxylic acids is 1. The highest BCUT2D eigenvalue weighted by molar-refractivity contribution is 5.75. The van der Waals surface area contributed by atoms with Crippen molar-refractivity contribution in [2.75, 3.05) is 7.11 Å². The van der Waals surface area contributed by atoms with Gasteiger partial charge in [0.15, 0.2) is 0 Å². The Kier molecular flexibility index (Phi) is 3.09. The number of carbonyl (C=O) groups is 1. The molecule has 0 aromatic rings. The van der Waals surface area contributed by atoms with Crippen molar-refractivity contribution in [3.8, 4) is 0 Å². The maximum absolute atomic E-state index is 11.0. The van der Waals surface area contributed by atoms with Gasteiger partial charge in [-0.25, -0.2) is 0 Å². The molecule has 0 heterocycles. The lowest BCUT2D eigenvalue weighted by Gasteiger charge is -2.34. The van der Waals surface area contributed by atoms with Crippen LogP contribution in [-0.4, -0.2) is 25.2 Å². The van der Waals surface area contributed by atoms with Crippen molar-refractivity contribution in [2.45, 2.75) is 38.8 Å². The van der Waals surface area contributed by atoms with Crippen LogP contribution in [0.4, 0.5) is 0 Å². The summed E-state index contributed by atoms with van der Waals surface area (Å²) in [7, 11) is 1.42. The molecule has 3 heteroatoms. The van der Waals surface area contributed by atoms with Gasteiger partial charge in [-0.3, -0.25) is 4.79 Å². The lowest BCUT2D eigenvalue weighted by atomic mass is 9.81. The third-order valence-corrected chi connectivity index (χ3v) is 2.41. The fourth-order valence-corrected chi connectivity index (χ4v) is 1.64. The minimum atomic E-state index is -0.172. The fraction of sp³-hybridized carbons (Fsp3) is 0.889. The molecule has 1 unspecified atom stereocenters. The third kappa shape index (κ3) is 2.21. The van der Waals surface area contributed by atoms with E-state index in [-0.39, 0.29) is 12.0 Å². The summed E-state index contributed by atoms with van der Waals surface area (Å²) in [6.45, 7) is 4.07. The Morgan fingerprint density at radius 1 is 1.58 bits per heavy atom. The van der Waals surface area contributed by atoms with Crippen LogP contribution < -0.4 is 5.32 Å². The monoisotopic (exact) mass is 171 g/mol. The first-order chi connectivity index (χ1) is 5.63. The summed E-state index contributed by atoms with van der Waals surface area (Å²) in [5.74, 6) is 0.641. The molecule has 1 fully saturated rings. The van der Waals surface area contributed by atoms with Gasteiger partial charge in [0.05, 0.1) is 7.11 Å². The van der Waals surface area contributed by atoms with E-state index < -0.39 is 0 Å². The lowest BCUT2D eigenvalue weighted by Crippen LogP contribution is -2.47. The molecule has 12 heavy (non-hydrogen) atoms. The molecule has 1 aliphatic carbocycles. The van der Waals surface area contributed by atoms with Gasteiger partial charge in [0.2, 0.25) is 0 Å². The van der Waals surface area contributed by atoms with Crippen molar-refractivity contribution < 1.29 is 9.53 Å². The second-order valence-electron chi connectivity index (χ2n) is 3.69. The minimum absolute atomic E-state index is 0.160. The topological polar surface area (TPSA) is 38.3 Å². The van der Waals surface area contributed by atoms with Crippen LogP contribution in [0.5, 0.6) is 0 Å². The Morgan fingerprint density at radius 3 is 2.58 bits per heavy atom. The number of hydrogen-bond donors (Lipinski definition) is 1. The predicted octanol–water partition coefficient (Wildman–Crippen LogP) is 0.936. The quantitative estimate of drug-likeness (QED) is 0.642. The predicted molar refractivity (Wildman–Crippen MR) is 46.8 cm³/mol. The number of hydrogen-bond acceptors (Lipinski definition) is 3. The summed E-state index contributed by atoms with van der Waals surface area (Å²) in [6, 6.07) is 0.363. The van der Waals surface area contributed by atoms with Gasteiger partial charge in [0, 0.05) is 6.04 Å². The van der Waals surface area contributed by atoms with Gasteiger partial charge in [0.1, 0.15) is 6.04 Å². The molecule has 0 aromatic heterocycles. The standard InChI is InChI=1S/C9H17NO2/c1-6-4-8(5-6)10-7(2)9(11)12-3/h6-8,10H,4-5H2,1-3H3. The molecule has 0 spiro atoms. The highest BCUT2D eigenvalue weighted by Crippen LogP contribution is 2.26. The maximum atomic E-state index is 11.0. The average Bonchev–Trinajstić information content (AvgIpc) is 2.00. The first kappa shape index (κ1) is 9.52. The summed E-state index contributed by atoms with van der Waals surface area (Å²) in [6.07, 6.45) is 2.36. The molecule has 0 bridgehead atoms. The van der Waals surface area contributed by atoms with Gasteiger partial charge in [0.25, 0.3) is 0 Å².